The molecule has 0 amide bonds. The van der Waals surface area contributed by atoms with Crippen LogP contribution in [0.4, 0.5) is 0 Å². The van der Waals surface area contributed by atoms with Crippen LogP contribution in [-0.4, -0.2) is 0 Å². The van der Waals surface area contributed by atoms with E-state index in [1.165, 1.54) is 0 Å². The first-order valence-electron chi connectivity index (χ1n) is 4.20. The van der Waals surface area contributed by atoms with E-state index in [0.29, 0.717) is 0 Å². The van der Waals surface area contributed by atoms with E-state index in [9.17, 15) is 0 Å². The van der Waals surface area contributed by atoms with Crippen molar-refractivity contribution < 1.29 is 0 Å². The SMILES string of the molecule is Clc1ccccc1-c1[c]c(Br)ccc1. The zero-order valence-corrected chi connectivity index (χ0v) is 9.64. The molecule has 0 aliphatic rings. The maximum Gasteiger partial charge on any atom is 0.0484 e. The van der Waals surface area contributed by atoms with Gasteiger partial charge in [0.2, 0.25) is 0 Å². The van der Waals surface area contributed by atoms with E-state index in [1.54, 1.807) is 0 Å². The summed E-state index contributed by atoms with van der Waals surface area (Å²) < 4.78 is 0.940. The standard InChI is InChI=1S/C12H7BrCl/c13-10-5-3-4-9(8-10)11-6-1-2-7-12(11)14/h1-7H. The second-order valence-corrected chi connectivity index (χ2v) is 4.15. The van der Waals surface area contributed by atoms with Gasteiger partial charge in [-0.1, -0.05) is 57.9 Å². The maximum atomic E-state index is 6.08. The number of halogens is 2. The third kappa shape index (κ3) is 1.99. The van der Waals surface area contributed by atoms with Crippen molar-refractivity contribution in [2.24, 2.45) is 0 Å². The smallest absolute Gasteiger partial charge is 0.0484 e. The summed E-state index contributed by atoms with van der Waals surface area (Å²) in [5.74, 6) is 0. The van der Waals surface area contributed by atoms with Crippen molar-refractivity contribution in [3.8, 4) is 11.1 Å². The number of rotatable bonds is 1. The zero-order chi connectivity index (χ0) is 9.97. The van der Waals surface area contributed by atoms with E-state index in [4.69, 9.17) is 11.6 Å². The molecule has 1 radical (unpaired) electrons. The molecule has 0 saturated carbocycles. The Labute approximate surface area is 96.7 Å². The minimum Gasteiger partial charge on any atom is -0.0837 e. The lowest BCUT2D eigenvalue weighted by Crippen LogP contribution is -1.79. The van der Waals surface area contributed by atoms with Crippen LogP contribution in [0.15, 0.2) is 46.9 Å². The topological polar surface area (TPSA) is 0 Å². The van der Waals surface area contributed by atoms with Crippen molar-refractivity contribution in [3.05, 3.63) is 58.0 Å². The largest absolute Gasteiger partial charge is 0.0837 e. The van der Waals surface area contributed by atoms with Crippen LogP contribution >= 0.6 is 27.5 Å². The van der Waals surface area contributed by atoms with Crippen molar-refractivity contribution in [1.82, 2.24) is 0 Å². The van der Waals surface area contributed by atoms with Crippen LogP contribution in [0.25, 0.3) is 11.1 Å². The molecule has 0 heterocycles. The Bertz CT molecular complexity index is 452. The molecule has 0 unspecified atom stereocenters. The summed E-state index contributed by atoms with van der Waals surface area (Å²) in [5.41, 5.74) is 2.01. The Hall–Kier alpha value is -0.790. The van der Waals surface area contributed by atoms with Gasteiger partial charge in [-0.3, -0.25) is 0 Å². The van der Waals surface area contributed by atoms with Crippen molar-refractivity contribution >= 4 is 27.5 Å². The van der Waals surface area contributed by atoms with E-state index in [1.807, 2.05) is 42.5 Å². The predicted molar refractivity (Wildman–Crippen MR) is 63.4 cm³/mol. The highest BCUT2D eigenvalue weighted by atomic mass is 79.9. The highest BCUT2D eigenvalue weighted by molar-refractivity contribution is 9.10. The fourth-order valence-electron chi connectivity index (χ4n) is 1.28. The van der Waals surface area contributed by atoms with Crippen LogP contribution in [0, 0.1) is 6.07 Å². The second-order valence-electron chi connectivity index (χ2n) is 2.89. The molecule has 0 aliphatic carbocycles. The van der Waals surface area contributed by atoms with Crippen LogP contribution < -0.4 is 0 Å². The minimum atomic E-state index is 0.752. The lowest BCUT2D eigenvalue weighted by molar-refractivity contribution is 1.58. The Morgan fingerprint density at radius 3 is 2.50 bits per heavy atom. The molecule has 69 valence electrons. The Balaban J connectivity index is 2.55. The molecule has 2 aromatic rings. The summed E-state index contributed by atoms with van der Waals surface area (Å²) >= 11 is 9.46. The molecule has 0 saturated heterocycles. The zero-order valence-electron chi connectivity index (χ0n) is 7.30. The van der Waals surface area contributed by atoms with Crippen molar-refractivity contribution in [2.75, 3.05) is 0 Å². The molecule has 0 fully saturated rings. The Morgan fingerprint density at radius 1 is 1.00 bits per heavy atom. The molecule has 0 N–H and O–H groups in total. The number of benzene rings is 2. The van der Waals surface area contributed by atoms with Crippen LogP contribution in [0.2, 0.25) is 5.02 Å². The second kappa shape index (κ2) is 4.16. The molecule has 0 atom stereocenters. The number of hydrogen-bond donors (Lipinski definition) is 0. The summed E-state index contributed by atoms with van der Waals surface area (Å²) in [6.07, 6.45) is 0. The van der Waals surface area contributed by atoms with Gasteiger partial charge in [-0.05, 0) is 17.7 Å². The van der Waals surface area contributed by atoms with Crippen molar-refractivity contribution in [3.63, 3.8) is 0 Å². The van der Waals surface area contributed by atoms with Gasteiger partial charge in [0.1, 0.15) is 0 Å². The molecule has 0 nitrogen and oxygen atoms in total. The lowest BCUT2D eigenvalue weighted by Gasteiger charge is -2.03. The first kappa shape index (κ1) is 9.75. The van der Waals surface area contributed by atoms with Gasteiger partial charge < -0.3 is 0 Å². The first-order valence-corrected chi connectivity index (χ1v) is 5.37. The lowest BCUT2D eigenvalue weighted by atomic mass is 10.1. The van der Waals surface area contributed by atoms with E-state index in [0.717, 1.165) is 20.6 Å². The van der Waals surface area contributed by atoms with Gasteiger partial charge in [0.25, 0.3) is 0 Å². The molecule has 14 heavy (non-hydrogen) atoms. The molecular formula is C12H7BrCl. The van der Waals surface area contributed by atoms with E-state index < -0.39 is 0 Å². The molecular weight excluding hydrogens is 259 g/mol. The summed E-state index contributed by atoms with van der Waals surface area (Å²) in [6.45, 7) is 0. The Kier molecular flexibility index (Phi) is 2.90. The molecule has 0 aromatic heterocycles. The highest BCUT2D eigenvalue weighted by Gasteiger charge is 2.02. The Morgan fingerprint density at radius 2 is 1.79 bits per heavy atom. The van der Waals surface area contributed by atoms with E-state index >= 15 is 0 Å². The molecule has 0 bridgehead atoms. The fraction of sp³-hybridized carbons (Fsp3) is 0. The third-order valence-corrected chi connectivity index (χ3v) is 2.72. The van der Waals surface area contributed by atoms with Gasteiger partial charge >= 0.3 is 0 Å². The van der Waals surface area contributed by atoms with Crippen LogP contribution in [0.1, 0.15) is 0 Å². The fourth-order valence-corrected chi connectivity index (χ4v) is 1.88. The molecule has 2 heteroatoms. The third-order valence-electron chi connectivity index (χ3n) is 1.92. The summed E-state index contributed by atoms with van der Waals surface area (Å²) in [6, 6.07) is 16.9. The average Bonchev–Trinajstić information content (AvgIpc) is 2.18. The number of hydrogen-bond acceptors (Lipinski definition) is 0. The minimum absolute atomic E-state index is 0.752. The summed E-state index contributed by atoms with van der Waals surface area (Å²) in [4.78, 5) is 0. The predicted octanol–water partition coefficient (Wildman–Crippen LogP) is 4.57. The molecule has 2 aromatic carbocycles. The quantitative estimate of drug-likeness (QED) is 0.709. The average molecular weight is 267 g/mol. The van der Waals surface area contributed by atoms with Crippen molar-refractivity contribution in [2.45, 2.75) is 0 Å². The van der Waals surface area contributed by atoms with Gasteiger partial charge in [-0.15, -0.1) is 0 Å². The van der Waals surface area contributed by atoms with Crippen LogP contribution in [0.5, 0.6) is 0 Å². The first-order chi connectivity index (χ1) is 6.77. The molecule has 0 aliphatic heterocycles. The summed E-state index contributed by atoms with van der Waals surface area (Å²) in [5, 5.41) is 0.752. The molecule has 2 rings (SSSR count). The van der Waals surface area contributed by atoms with Gasteiger partial charge in [-0.25, -0.2) is 0 Å². The summed E-state index contributed by atoms with van der Waals surface area (Å²) in [7, 11) is 0. The monoisotopic (exact) mass is 265 g/mol. The van der Waals surface area contributed by atoms with Gasteiger partial charge in [0.15, 0.2) is 0 Å². The van der Waals surface area contributed by atoms with Gasteiger partial charge in [0, 0.05) is 21.1 Å². The highest BCUT2D eigenvalue weighted by Crippen LogP contribution is 2.28. The van der Waals surface area contributed by atoms with E-state index in [2.05, 4.69) is 22.0 Å². The maximum absolute atomic E-state index is 6.08. The van der Waals surface area contributed by atoms with E-state index in [-0.39, 0.29) is 0 Å². The van der Waals surface area contributed by atoms with Crippen LogP contribution in [-0.2, 0) is 0 Å². The van der Waals surface area contributed by atoms with Crippen molar-refractivity contribution in [1.29, 1.82) is 0 Å². The van der Waals surface area contributed by atoms with Crippen LogP contribution in [0.3, 0.4) is 0 Å². The molecule has 0 spiro atoms. The van der Waals surface area contributed by atoms with Gasteiger partial charge in [-0.2, -0.15) is 0 Å². The normalized spacial score (nSPS) is 10.1. The van der Waals surface area contributed by atoms with Gasteiger partial charge in [0.05, 0.1) is 0 Å².